The summed E-state index contributed by atoms with van der Waals surface area (Å²) in [4.78, 5) is 22.5. The zero-order chi connectivity index (χ0) is 13.3. The molecule has 0 spiro atoms. The van der Waals surface area contributed by atoms with Gasteiger partial charge in [0.25, 0.3) is 0 Å². The van der Waals surface area contributed by atoms with Gasteiger partial charge >= 0.3 is 5.97 Å². The van der Waals surface area contributed by atoms with Crippen molar-refractivity contribution in [3.05, 3.63) is 56.4 Å². The first-order chi connectivity index (χ1) is 8.49. The van der Waals surface area contributed by atoms with Crippen molar-refractivity contribution < 1.29 is 9.90 Å². The molecule has 0 atom stereocenters. The molecule has 0 bridgehead atoms. The SMILES string of the molecule is Cc1cn(-c2ccc(Br)cc2)nc(C(=O)O)c1=O. The molecule has 0 radical (unpaired) electrons. The number of hydrogen-bond donors (Lipinski definition) is 1. The Labute approximate surface area is 111 Å². The molecule has 1 aromatic carbocycles. The maximum Gasteiger partial charge on any atom is 0.360 e. The summed E-state index contributed by atoms with van der Waals surface area (Å²) in [5.41, 5.74) is -0.0112. The molecule has 0 amide bonds. The normalized spacial score (nSPS) is 10.3. The Bertz CT molecular complexity index is 662. The van der Waals surface area contributed by atoms with Crippen LogP contribution < -0.4 is 5.43 Å². The number of carbonyl (C=O) groups is 1. The van der Waals surface area contributed by atoms with Gasteiger partial charge in [0.2, 0.25) is 11.1 Å². The summed E-state index contributed by atoms with van der Waals surface area (Å²) < 4.78 is 2.29. The van der Waals surface area contributed by atoms with E-state index in [0.29, 0.717) is 11.3 Å². The predicted octanol–water partition coefficient (Wildman–Crippen LogP) is 2.00. The molecule has 6 heteroatoms. The highest BCUT2D eigenvalue weighted by molar-refractivity contribution is 9.10. The molecule has 0 saturated carbocycles. The Kier molecular flexibility index (Phi) is 3.29. The van der Waals surface area contributed by atoms with Crippen molar-refractivity contribution in [2.45, 2.75) is 6.92 Å². The summed E-state index contributed by atoms with van der Waals surface area (Å²) >= 11 is 3.31. The molecule has 1 heterocycles. The summed E-state index contributed by atoms with van der Waals surface area (Å²) in [6.07, 6.45) is 1.51. The van der Waals surface area contributed by atoms with Crippen molar-refractivity contribution in [1.29, 1.82) is 0 Å². The summed E-state index contributed by atoms with van der Waals surface area (Å²) in [5.74, 6) is -1.32. The average molecular weight is 309 g/mol. The number of nitrogens with zero attached hydrogens (tertiary/aromatic N) is 2. The lowest BCUT2D eigenvalue weighted by molar-refractivity contribution is 0.0686. The van der Waals surface area contributed by atoms with E-state index in [4.69, 9.17) is 5.11 Å². The van der Waals surface area contributed by atoms with Gasteiger partial charge in [-0.15, -0.1) is 0 Å². The van der Waals surface area contributed by atoms with Crippen LogP contribution in [0.25, 0.3) is 5.69 Å². The first-order valence-electron chi connectivity index (χ1n) is 5.09. The number of carboxylic acid groups (broad SMARTS) is 1. The lowest BCUT2D eigenvalue weighted by Gasteiger charge is -2.07. The summed E-state index contributed by atoms with van der Waals surface area (Å²) in [7, 11) is 0. The fraction of sp³-hybridized carbons (Fsp3) is 0.0833. The minimum absolute atomic E-state index is 0.338. The fourth-order valence-corrected chi connectivity index (χ4v) is 1.74. The van der Waals surface area contributed by atoms with E-state index in [2.05, 4.69) is 21.0 Å². The second-order valence-corrected chi connectivity index (χ2v) is 4.63. The molecule has 1 aromatic heterocycles. The van der Waals surface area contributed by atoms with E-state index < -0.39 is 17.1 Å². The average Bonchev–Trinajstić information content (AvgIpc) is 2.33. The standard InChI is InChI=1S/C12H9BrN2O3/c1-7-6-15(9-4-2-8(13)3-5-9)14-10(11(7)16)12(17)18/h2-6H,1H3,(H,17,18). The summed E-state index contributed by atoms with van der Waals surface area (Å²) in [6, 6.07) is 7.16. The molecule has 5 nitrogen and oxygen atoms in total. The molecular formula is C12H9BrN2O3. The Hall–Kier alpha value is -1.95. The maximum absolute atomic E-state index is 11.6. The number of benzene rings is 1. The Morgan fingerprint density at radius 2 is 1.94 bits per heavy atom. The van der Waals surface area contributed by atoms with Crippen LogP contribution in [0.3, 0.4) is 0 Å². The minimum atomic E-state index is -1.32. The van der Waals surface area contributed by atoms with Gasteiger partial charge in [0, 0.05) is 16.2 Å². The number of aromatic nitrogens is 2. The van der Waals surface area contributed by atoms with E-state index in [1.807, 2.05) is 12.1 Å². The molecule has 18 heavy (non-hydrogen) atoms. The van der Waals surface area contributed by atoms with Crippen LogP contribution in [-0.2, 0) is 0 Å². The molecule has 92 valence electrons. The van der Waals surface area contributed by atoms with Crippen LogP contribution in [-0.4, -0.2) is 20.9 Å². The molecule has 0 aliphatic heterocycles. The highest BCUT2D eigenvalue weighted by Gasteiger charge is 2.14. The molecule has 0 saturated heterocycles. The molecular weight excluding hydrogens is 300 g/mol. The number of carboxylic acids is 1. The molecule has 0 unspecified atom stereocenters. The third kappa shape index (κ3) is 2.33. The van der Waals surface area contributed by atoms with Crippen LogP contribution >= 0.6 is 15.9 Å². The van der Waals surface area contributed by atoms with E-state index in [9.17, 15) is 9.59 Å². The van der Waals surface area contributed by atoms with E-state index in [1.165, 1.54) is 10.9 Å². The van der Waals surface area contributed by atoms with Gasteiger partial charge in [-0.1, -0.05) is 15.9 Å². The number of rotatable bonds is 2. The Morgan fingerprint density at radius 1 is 1.33 bits per heavy atom. The third-order valence-corrected chi connectivity index (χ3v) is 2.92. The quantitative estimate of drug-likeness (QED) is 0.921. The first kappa shape index (κ1) is 12.5. The van der Waals surface area contributed by atoms with E-state index in [0.717, 1.165) is 4.47 Å². The summed E-state index contributed by atoms with van der Waals surface area (Å²) in [5, 5.41) is 12.7. The highest BCUT2D eigenvalue weighted by atomic mass is 79.9. The summed E-state index contributed by atoms with van der Waals surface area (Å²) in [6.45, 7) is 1.56. The van der Waals surface area contributed by atoms with Gasteiger partial charge < -0.3 is 5.11 Å². The lowest BCUT2D eigenvalue weighted by atomic mass is 10.2. The number of hydrogen-bond acceptors (Lipinski definition) is 3. The van der Waals surface area contributed by atoms with Gasteiger partial charge in [0.15, 0.2) is 0 Å². The predicted molar refractivity (Wildman–Crippen MR) is 69.2 cm³/mol. The largest absolute Gasteiger partial charge is 0.476 e. The van der Waals surface area contributed by atoms with E-state index in [-0.39, 0.29) is 0 Å². The van der Waals surface area contributed by atoms with Gasteiger partial charge in [-0.05, 0) is 31.2 Å². The Balaban J connectivity index is 2.62. The second kappa shape index (κ2) is 4.73. The van der Waals surface area contributed by atoms with Gasteiger partial charge in [-0.25, -0.2) is 9.48 Å². The van der Waals surface area contributed by atoms with Crippen molar-refractivity contribution in [3.63, 3.8) is 0 Å². The van der Waals surface area contributed by atoms with Crippen LogP contribution in [0.5, 0.6) is 0 Å². The van der Waals surface area contributed by atoms with Crippen LogP contribution in [0.2, 0.25) is 0 Å². The van der Waals surface area contributed by atoms with E-state index >= 15 is 0 Å². The number of aromatic carboxylic acids is 1. The van der Waals surface area contributed by atoms with Crippen LogP contribution in [0.1, 0.15) is 16.1 Å². The van der Waals surface area contributed by atoms with E-state index in [1.54, 1.807) is 19.1 Å². The first-order valence-corrected chi connectivity index (χ1v) is 5.88. The Morgan fingerprint density at radius 3 is 2.50 bits per heavy atom. The van der Waals surface area contributed by atoms with Crippen molar-refractivity contribution in [2.24, 2.45) is 0 Å². The molecule has 0 aliphatic carbocycles. The molecule has 2 aromatic rings. The topological polar surface area (TPSA) is 72.2 Å². The molecule has 0 fully saturated rings. The molecule has 1 N–H and O–H groups in total. The van der Waals surface area contributed by atoms with Gasteiger partial charge in [-0.3, -0.25) is 4.79 Å². The van der Waals surface area contributed by atoms with Crippen molar-refractivity contribution in [2.75, 3.05) is 0 Å². The number of aryl methyl sites for hydroxylation is 1. The smallest absolute Gasteiger partial charge is 0.360 e. The maximum atomic E-state index is 11.6. The minimum Gasteiger partial charge on any atom is -0.476 e. The molecule has 0 aliphatic rings. The van der Waals surface area contributed by atoms with Crippen molar-refractivity contribution >= 4 is 21.9 Å². The van der Waals surface area contributed by atoms with Crippen LogP contribution in [0.15, 0.2) is 39.7 Å². The monoisotopic (exact) mass is 308 g/mol. The molecule has 2 rings (SSSR count). The third-order valence-electron chi connectivity index (χ3n) is 2.39. The highest BCUT2D eigenvalue weighted by Crippen LogP contribution is 2.13. The van der Waals surface area contributed by atoms with Crippen molar-refractivity contribution in [3.8, 4) is 5.69 Å². The van der Waals surface area contributed by atoms with Crippen molar-refractivity contribution in [1.82, 2.24) is 9.78 Å². The van der Waals surface area contributed by atoms with Gasteiger partial charge in [-0.2, -0.15) is 5.10 Å². The van der Waals surface area contributed by atoms with Gasteiger partial charge in [0.1, 0.15) is 0 Å². The fourth-order valence-electron chi connectivity index (χ4n) is 1.48. The van der Waals surface area contributed by atoms with Crippen LogP contribution in [0.4, 0.5) is 0 Å². The van der Waals surface area contributed by atoms with Gasteiger partial charge in [0.05, 0.1) is 5.69 Å². The van der Waals surface area contributed by atoms with Crippen LogP contribution in [0, 0.1) is 6.92 Å². The zero-order valence-electron chi connectivity index (χ0n) is 9.42. The lowest BCUT2D eigenvalue weighted by Crippen LogP contribution is -2.23. The number of halogens is 1. The zero-order valence-corrected chi connectivity index (χ0v) is 11.0. The second-order valence-electron chi connectivity index (χ2n) is 3.72.